The molecule has 2 heteroatoms. The summed E-state index contributed by atoms with van der Waals surface area (Å²) in [5.41, 5.74) is 2.65. The van der Waals surface area contributed by atoms with Crippen LogP contribution >= 0.6 is 0 Å². The molecule has 0 aromatic carbocycles. The van der Waals surface area contributed by atoms with Crippen LogP contribution < -0.4 is 5.56 Å². The van der Waals surface area contributed by atoms with Crippen molar-refractivity contribution in [2.45, 2.75) is 33.6 Å². The molecule has 2 nitrogen and oxygen atoms in total. The van der Waals surface area contributed by atoms with Crippen molar-refractivity contribution in [2.75, 3.05) is 0 Å². The van der Waals surface area contributed by atoms with Crippen molar-refractivity contribution in [2.24, 2.45) is 11.3 Å². The smallest absolute Gasteiger partial charge is 0.251 e. The second kappa shape index (κ2) is 2.97. The fraction of sp³-hybridized carbons (Fsp3) is 0.583. The molecule has 76 valence electrons. The van der Waals surface area contributed by atoms with Crippen LogP contribution in [0.1, 0.15) is 31.9 Å². The molecule has 1 aromatic heterocycles. The molecule has 14 heavy (non-hydrogen) atoms. The maximum absolute atomic E-state index is 11.5. The van der Waals surface area contributed by atoms with Crippen LogP contribution in [0.3, 0.4) is 0 Å². The van der Waals surface area contributed by atoms with Crippen LogP contribution in [-0.4, -0.2) is 4.98 Å². The van der Waals surface area contributed by atoms with Gasteiger partial charge in [-0.05, 0) is 35.8 Å². The second-order valence-corrected chi connectivity index (χ2v) is 5.28. The topological polar surface area (TPSA) is 32.9 Å². The Morgan fingerprint density at radius 1 is 1.36 bits per heavy atom. The summed E-state index contributed by atoms with van der Waals surface area (Å²) in [6.07, 6.45) is 3.75. The predicted octanol–water partition coefficient (Wildman–Crippen LogP) is 2.14. The Kier molecular flexibility index (Phi) is 2.02. The fourth-order valence-electron chi connectivity index (χ4n) is 2.16. The summed E-state index contributed by atoms with van der Waals surface area (Å²) >= 11 is 0. The molecule has 0 radical (unpaired) electrons. The van der Waals surface area contributed by atoms with Gasteiger partial charge in [0.1, 0.15) is 0 Å². The molecule has 1 atom stereocenters. The van der Waals surface area contributed by atoms with Crippen LogP contribution in [0.25, 0.3) is 0 Å². The average molecular weight is 191 g/mol. The lowest BCUT2D eigenvalue weighted by molar-refractivity contribution is 0.250. The molecule has 1 aromatic rings. The van der Waals surface area contributed by atoms with Crippen LogP contribution in [-0.2, 0) is 12.8 Å². The van der Waals surface area contributed by atoms with Gasteiger partial charge in [0, 0.05) is 11.8 Å². The summed E-state index contributed by atoms with van der Waals surface area (Å²) in [7, 11) is 0. The lowest BCUT2D eigenvalue weighted by Gasteiger charge is -2.26. The van der Waals surface area contributed by atoms with Gasteiger partial charge in [-0.3, -0.25) is 4.79 Å². The Balaban J connectivity index is 2.35. The number of fused-ring (bicyclic) bond motifs is 1. The summed E-state index contributed by atoms with van der Waals surface area (Å²) in [6, 6.07) is 2.04. The first-order chi connectivity index (χ1) is 6.48. The van der Waals surface area contributed by atoms with Gasteiger partial charge in [-0.25, -0.2) is 0 Å². The van der Waals surface area contributed by atoms with E-state index in [0.29, 0.717) is 11.3 Å². The van der Waals surface area contributed by atoms with Crippen LogP contribution in [0.2, 0.25) is 0 Å². The van der Waals surface area contributed by atoms with Gasteiger partial charge in [-0.2, -0.15) is 0 Å². The van der Waals surface area contributed by atoms with E-state index in [4.69, 9.17) is 0 Å². The first kappa shape index (κ1) is 9.50. The molecule has 1 N–H and O–H groups in total. The number of pyridine rings is 1. The zero-order chi connectivity index (χ0) is 10.3. The Morgan fingerprint density at radius 3 is 2.64 bits per heavy atom. The minimum Gasteiger partial charge on any atom is -0.329 e. The number of aromatic amines is 1. The minimum absolute atomic E-state index is 0.106. The van der Waals surface area contributed by atoms with Crippen molar-refractivity contribution in [3.05, 3.63) is 33.7 Å². The number of H-pyrrole nitrogens is 1. The highest BCUT2D eigenvalue weighted by Crippen LogP contribution is 2.36. The van der Waals surface area contributed by atoms with E-state index < -0.39 is 0 Å². The van der Waals surface area contributed by atoms with Crippen molar-refractivity contribution >= 4 is 0 Å². The third-order valence-electron chi connectivity index (χ3n) is 3.30. The van der Waals surface area contributed by atoms with E-state index in [2.05, 4.69) is 25.8 Å². The van der Waals surface area contributed by atoms with Gasteiger partial charge in [-0.15, -0.1) is 0 Å². The van der Waals surface area contributed by atoms with Crippen LogP contribution in [0.15, 0.2) is 17.1 Å². The molecular formula is C12H17NO. The Morgan fingerprint density at radius 2 is 2.07 bits per heavy atom. The van der Waals surface area contributed by atoms with Gasteiger partial charge in [0.15, 0.2) is 0 Å². The maximum Gasteiger partial charge on any atom is 0.251 e. The predicted molar refractivity (Wildman–Crippen MR) is 57.4 cm³/mol. The number of hydrogen-bond donors (Lipinski definition) is 1. The van der Waals surface area contributed by atoms with Gasteiger partial charge >= 0.3 is 0 Å². The molecule has 1 aliphatic carbocycles. The van der Waals surface area contributed by atoms with Crippen LogP contribution in [0.4, 0.5) is 0 Å². The van der Waals surface area contributed by atoms with Crippen molar-refractivity contribution in [1.29, 1.82) is 0 Å². The summed E-state index contributed by atoms with van der Waals surface area (Å²) < 4.78 is 0. The third kappa shape index (κ3) is 1.49. The number of rotatable bonds is 0. The van der Waals surface area contributed by atoms with Crippen molar-refractivity contribution in [3.63, 3.8) is 0 Å². The van der Waals surface area contributed by atoms with E-state index in [1.807, 2.05) is 6.07 Å². The zero-order valence-electron chi connectivity index (χ0n) is 9.05. The molecular weight excluding hydrogens is 174 g/mol. The Labute approximate surface area is 84.4 Å². The highest BCUT2D eigenvalue weighted by Gasteiger charge is 2.32. The van der Waals surface area contributed by atoms with E-state index in [0.717, 1.165) is 18.4 Å². The van der Waals surface area contributed by atoms with E-state index in [1.54, 1.807) is 6.20 Å². The Bertz CT molecular complexity index is 398. The quantitative estimate of drug-likeness (QED) is 0.669. The second-order valence-electron chi connectivity index (χ2n) is 5.28. The monoisotopic (exact) mass is 191 g/mol. The molecule has 1 aliphatic rings. The van der Waals surface area contributed by atoms with Gasteiger partial charge < -0.3 is 4.98 Å². The lowest BCUT2D eigenvalue weighted by Crippen LogP contribution is -2.21. The normalized spacial score (nSPS) is 20.9. The van der Waals surface area contributed by atoms with E-state index in [1.165, 1.54) is 5.56 Å². The van der Waals surface area contributed by atoms with E-state index >= 15 is 0 Å². The molecule has 1 unspecified atom stereocenters. The summed E-state index contributed by atoms with van der Waals surface area (Å²) in [6.45, 7) is 6.74. The van der Waals surface area contributed by atoms with Crippen LogP contribution in [0.5, 0.6) is 0 Å². The molecule has 0 amide bonds. The van der Waals surface area contributed by atoms with Crippen molar-refractivity contribution in [1.82, 2.24) is 4.98 Å². The molecule has 0 spiro atoms. The van der Waals surface area contributed by atoms with Crippen molar-refractivity contribution < 1.29 is 0 Å². The molecule has 0 saturated carbocycles. The molecule has 0 saturated heterocycles. The number of aromatic nitrogens is 1. The molecule has 2 rings (SSSR count). The third-order valence-corrected chi connectivity index (χ3v) is 3.30. The van der Waals surface area contributed by atoms with Gasteiger partial charge in [0.2, 0.25) is 0 Å². The largest absolute Gasteiger partial charge is 0.329 e. The van der Waals surface area contributed by atoms with Gasteiger partial charge in [0.05, 0.1) is 0 Å². The zero-order valence-corrected chi connectivity index (χ0v) is 9.05. The van der Waals surface area contributed by atoms with Gasteiger partial charge in [-0.1, -0.05) is 20.8 Å². The van der Waals surface area contributed by atoms with Gasteiger partial charge in [0.25, 0.3) is 5.56 Å². The highest BCUT2D eigenvalue weighted by atomic mass is 16.1. The van der Waals surface area contributed by atoms with Crippen molar-refractivity contribution in [3.8, 4) is 0 Å². The lowest BCUT2D eigenvalue weighted by atomic mass is 9.79. The standard InChI is InChI=1S/C12H17NO/c1-12(2,3)9-6-8-4-5-13-11(14)10(8)7-9/h4-5,9H,6-7H2,1-3H3,(H,13,14). The number of nitrogens with one attached hydrogen (secondary N) is 1. The first-order valence-electron chi connectivity index (χ1n) is 5.18. The molecule has 0 bridgehead atoms. The summed E-state index contributed by atoms with van der Waals surface area (Å²) in [5, 5.41) is 0. The fourth-order valence-corrected chi connectivity index (χ4v) is 2.16. The highest BCUT2D eigenvalue weighted by molar-refractivity contribution is 5.29. The molecule has 1 heterocycles. The van der Waals surface area contributed by atoms with E-state index in [-0.39, 0.29) is 5.56 Å². The van der Waals surface area contributed by atoms with E-state index in [9.17, 15) is 4.79 Å². The number of hydrogen-bond acceptors (Lipinski definition) is 1. The SMILES string of the molecule is CC(C)(C)C1Cc2cc[nH]c(=O)c2C1. The van der Waals surface area contributed by atoms with Crippen LogP contribution in [0, 0.1) is 11.3 Å². The maximum atomic E-state index is 11.5. The Hall–Kier alpha value is -1.05. The first-order valence-corrected chi connectivity index (χ1v) is 5.18. The summed E-state index contributed by atoms with van der Waals surface area (Å²) in [5.74, 6) is 0.612. The molecule has 0 aliphatic heterocycles. The molecule has 0 fully saturated rings. The minimum atomic E-state index is 0.106. The average Bonchev–Trinajstić information content (AvgIpc) is 2.48. The summed E-state index contributed by atoms with van der Waals surface area (Å²) in [4.78, 5) is 14.3.